The molecule has 0 unspecified atom stereocenters. The third kappa shape index (κ3) is 3.82. The topological polar surface area (TPSA) is 40.5 Å². The van der Waals surface area contributed by atoms with Crippen LogP contribution in [0.5, 0.6) is 5.75 Å². The van der Waals surface area contributed by atoms with E-state index in [1.807, 2.05) is 13.0 Å². The van der Waals surface area contributed by atoms with E-state index in [4.69, 9.17) is 0 Å². The van der Waals surface area contributed by atoms with Gasteiger partial charge in [-0.1, -0.05) is 25.1 Å². The Morgan fingerprint density at radius 2 is 1.71 bits per heavy atom. The molecule has 0 amide bonds. The van der Waals surface area contributed by atoms with Crippen LogP contribution in [0.25, 0.3) is 0 Å². The van der Waals surface area contributed by atoms with Gasteiger partial charge in [0.1, 0.15) is 5.75 Å². The van der Waals surface area contributed by atoms with Crippen molar-refractivity contribution in [3.8, 4) is 5.75 Å². The van der Waals surface area contributed by atoms with Gasteiger partial charge in [-0.2, -0.15) is 30.7 Å². The predicted octanol–water partition coefficient (Wildman–Crippen LogP) is 7.15. The summed E-state index contributed by atoms with van der Waals surface area (Å²) in [4.78, 5) is 0. The summed E-state index contributed by atoms with van der Waals surface area (Å²) in [6, 6.07) is 5.45. The largest absolute Gasteiger partial charge is 0.508 e. The molecule has 190 valence electrons. The highest BCUT2D eigenvalue weighted by molar-refractivity contribution is 5.40. The highest BCUT2D eigenvalue weighted by atomic mass is 19.4. The van der Waals surface area contributed by atoms with E-state index in [-0.39, 0.29) is 18.1 Å². The van der Waals surface area contributed by atoms with Gasteiger partial charge < -0.3 is 10.2 Å². The molecule has 2 nitrogen and oxygen atoms in total. The third-order valence-electron chi connectivity index (χ3n) is 8.84. The number of alkyl halides is 7. The van der Waals surface area contributed by atoms with Gasteiger partial charge in [-0.05, 0) is 91.4 Å². The summed E-state index contributed by atoms with van der Waals surface area (Å²) in [5, 5.41) is 21.3. The van der Waals surface area contributed by atoms with E-state index in [0.717, 1.165) is 37.3 Å². The lowest BCUT2D eigenvalue weighted by Gasteiger charge is -2.53. The Labute approximate surface area is 193 Å². The Bertz CT molecular complexity index is 957. The van der Waals surface area contributed by atoms with Gasteiger partial charge in [0, 0.05) is 6.42 Å². The molecular formula is C25H29F7O2. The van der Waals surface area contributed by atoms with E-state index in [9.17, 15) is 40.9 Å². The van der Waals surface area contributed by atoms with Gasteiger partial charge >= 0.3 is 18.0 Å². The molecule has 2 saturated carbocycles. The molecule has 5 atom stereocenters. The van der Waals surface area contributed by atoms with Crippen molar-refractivity contribution < 1.29 is 40.9 Å². The number of aryl methyl sites for hydroxylation is 1. The number of hydrogen-bond acceptors (Lipinski definition) is 2. The molecule has 0 spiro atoms. The molecule has 4 rings (SSSR count). The van der Waals surface area contributed by atoms with Crippen LogP contribution in [0.15, 0.2) is 30.4 Å². The van der Waals surface area contributed by atoms with E-state index >= 15 is 0 Å². The van der Waals surface area contributed by atoms with Crippen LogP contribution in [0.1, 0.15) is 68.9 Å². The third-order valence-corrected chi connectivity index (χ3v) is 8.84. The average Bonchev–Trinajstić information content (AvgIpc) is 3.01. The fourth-order valence-electron chi connectivity index (χ4n) is 6.86. The Kier molecular flexibility index (Phi) is 6.06. The average molecular weight is 494 g/mol. The summed E-state index contributed by atoms with van der Waals surface area (Å²) in [7, 11) is 0. The maximum absolute atomic E-state index is 13.6. The van der Waals surface area contributed by atoms with Gasteiger partial charge in [-0.3, -0.25) is 0 Å². The number of fused-ring (bicyclic) bond motifs is 5. The summed E-state index contributed by atoms with van der Waals surface area (Å²) >= 11 is 0. The van der Waals surface area contributed by atoms with Crippen LogP contribution in [-0.4, -0.2) is 33.8 Å². The molecule has 1 aromatic carbocycles. The number of phenolic OH excluding ortho intramolecular Hbond substituents is 1. The monoisotopic (exact) mass is 494 g/mol. The molecule has 0 aromatic heterocycles. The highest BCUT2D eigenvalue weighted by Crippen LogP contribution is 2.65. The minimum Gasteiger partial charge on any atom is -0.508 e. The zero-order chi connectivity index (χ0) is 25.2. The van der Waals surface area contributed by atoms with E-state index in [0.29, 0.717) is 30.8 Å². The first kappa shape index (κ1) is 25.3. The van der Waals surface area contributed by atoms with Crippen molar-refractivity contribution in [3.05, 3.63) is 41.5 Å². The van der Waals surface area contributed by atoms with Gasteiger partial charge in [0.15, 0.2) is 0 Å². The van der Waals surface area contributed by atoms with Crippen molar-refractivity contribution in [3.63, 3.8) is 0 Å². The van der Waals surface area contributed by atoms with Crippen LogP contribution in [0.2, 0.25) is 0 Å². The number of halogens is 7. The lowest BCUT2D eigenvalue weighted by molar-refractivity contribution is -0.353. The van der Waals surface area contributed by atoms with Crippen LogP contribution in [0, 0.1) is 17.3 Å². The SMILES string of the molecule is C[C@]12CC[C@@H]3c4ccc(O)cc4CC[C@H]3[C@@H]1CC[C@@]2(O)C/C=C/CC(F)(F)C(F)(F)C(F)(F)F. The Morgan fingerprint density at radius 1 is 1.00 bits per heavy atom. The first-order valence-electron chi connectivity index (χ1n) is 11.6. The Balaban J connectivity index is 1.46. The van der Waals surface area contributed by atoms with Crippen LogP contribution in [0.3, 0.4) is 0 Å². The lowest BCUT2D eigenvalue weighted by atomic mass is 9.53. The van der Waals surface area contributed by atoms with Crippen molar-refractivity contribution in [1.82, 2.24) is 0 Å². The first-order valence-corrected chi connectivity index (χ1v) is 11.6. The fraction of sp³-hybridized carbons (Fsp3) is 0.680. The van der Waals surface area contributed by atoms with Gasteiger partial charge in [0.2, 0.25) is 0 Å². The van der Waals surface area contributed by atoms with Gasteiger partial charge in [0.25, 0.3) is 0 Å². The zero-order valence-corrected chi connectivity index (χ0v) is 18.8. The number of hydrogen-bond donors (Lipinski definition) is 2. The summed E-state index contributed by atoms with van der Waals surface area (Å²) in [6.45, 7) is 1.98. The summed E-state index contributed by atoms with van der Waals surface area (Å²) in [5.74, 6) is -10.3. The molecule has 1 aromatic rings. The van der Waals surface area contributed by atoms with Crippen LogP contribution in [0.4, 0.5) is 30.7 Å². The first-order chi connectivity index (χ1) is 15.6. The standard InChI is InChI=1S/C25H29F7O2/c1-21-12-8-18-17-7-5-16(33)14-15(17)4-6-19(18)20(21)9-13-22(21,34)10-2-3-11-23(26,27)24(28,29)25(30,31)32/h2-3,5,7,14,18-20,33-34H,4,6,8-13H2,1H3/b3-2+/t18-,19-,20+,21+,22+/m1/s1. The minimum atomic E-state index is -6.34. The number of allylic oxidation sites excluding steroid dienone is 1. The predicted molar refractivity (Wildman–Crippen MR) is 112 cm³/mol. The molecule has 2 fully saturated rings. The smallest absolute Gasteiger partial charge is 0.459 e. The molecular weight excluding hydrogens is 465 g/mol. The molecule has 0 aliphatic heterocycles. The van der Waals surface area contributed by atoms with Crippen LogP contribution in [-0.2, 0) is 6.42 Å². The molecule has 0 radical (unpaired) electrons. The zero-order valence-electron chi connectivity index (χ0n) is 18.8. The number of rotatable bonds is 5. The van der Waals surface area contributed by atoms with Crippen molar-refractivity contribution in [2.75, 3.05) is 0 Å². The normalized spacial score (nSPS) is 34.1. The molecule has 0 heterocycles. The molecule has 0 saturated heterocycles. The molecule has 3 aliphatic carbocycles. The number of phenols is 1. The summed E-state index contributed by atoms with van der Waals surface area (Å²) in [5.41, 5.74) is 0.610. The van der Waals surface area contributed by atoms with Crippen molar-refractivity contribution in [2.45, 2.75) is 87.8 Å². The Hall–Kier alpha value is -1.77. The second kappa shape index (κ2) is 8.14. The van der Waals surface area contributed by atoms with E-state index in [1.54, 1.807) is 12.1 Å². The summed E-state index contributed by atoms with van der Waals surface area (Å²) in [6.07, 6.45) is -2.04. The van der Waals surface area contributed by atoms with Crippen molar-refractivity contribution in [1.29, 1.82) is 0 Å². The van der Waals surface area contributed by atoms with Gasteiger partial charge in [-0.25, -0.2) is 0 Å². The van der Waals surface area contributed by atoms with Crippen molar-refractivity contribution >= 4 is 0 Å². The molecule has 2 N–H and O–H groups in total. The van der Waals surface area contributed by atoms with Crippen LogP contribution >= 0.6 is 0 Å². The molecule has 9 heteroatoms. The minimum absolute atomic E-state index is 0.0739. The van der Waals surface area contributed by atoms with E-state index in [2.05, 4.69) is 0 Å². The number of aromatic hydroxyl groups is 1. The summed E-state index contributed by atoms with van der Waals surface area (Å²) < 4.78 is 90.3. The van der Waals surface area contributed by atoms with Crippen molar-refractivity contribution in [2.24, 2.45) is 17.3 Å². The maximum atomic E-state index is 13.6. The van der Waals surface area contributed by atoms with E-state index in [1.165, 1.54) is 5.56 Å². The van der Waals surface area contributed by atoms with Crippen LogP contribution < -0.4 is 0 Å². The quantitative estimate of drug-likeness (QED) is 0.337. The van der Waals surface area contributed by atoms with E-state index < -0.39 is 35.5 Å². The lowest BCUT2D eigenvalue weighted by Crippen LogP contribution is -2.51. The molecule has 0 bridgehead atoms. The van der Waals surface area contributed by atoms with Gasteiger partial charge in [-0.15, -0.1) is 0 Å². The second-order valence-corrected chi connectivity index (χ2v) is 10.5. The Morgan fingerprint density at radius 3 is 2.38 bits per heavy atom. The highest BCUT2D eigenvalue weighted by Gasteiger charge is 2.72. The molecule has 3 aliphatic rings. The van der Waals surface area contributed by atoms with Gasteiger partial charge in [0.05, 0.1) is 5.60 Å². The molecule has 34 heavy (non-hydrogen) atoms. The number of benzene rings is 1. The number of aliphatic hydroxyl groups is 1. The fourth-order valence-corrected chi connectivity index (χ4v) is 6.86. The second-order valence-electron chi connectivity index (χ2n) is 10.5. The maximum Gasteiger partial charge on any atom is 0.459 e.